The zero-order valence-electron chi connectivity index (χ0n) is 16.9. The van der Waals surface area contributed by atoms with Crippen molar-refractivity contribution in [2.24, 2.45) is 11.8 Å². The number of aromatic nitrogens is 1. The van der Waals surface area contributed by atoms with Gasteiger partial charge in [0.2, 0.25) is 0 Å². The summed E-state index contributed by atoms with van der Waals surface area (Å²) in [5, 5.41) is 7.21. The fourth-order valence-corrected chi connectivity index (χ4v) is 4.86. The Hall–Kier alpha value is -2.30. The molecule has 1 heterocycles. The van der Waals surface area contributed by atoms with Gasteiger partial charge in [-0.15, -0.1) is 0 Å². The number of rotatable bonds is 5. The van der Waals surface area contributed by atoms with Crippen LogP contribution in [0.15, 0.2) is 28.8 Å². The summed E-state index contributed by atoms with van der Waals surface area (Å²) in [6, 6.07) is 7.72. The van der Waals surface area contributed by atoms with E-state index < -0.39 is 0 Å². The van der Waals surface area contributed by atoms with Gasteiger partial charge in [0.1, 0.15) is 18.1 Å². The van der Waals surface area contributed by atoms with Gasteiger partial charge in [0.05, 0.1) is 11.3 Å². The van der Waals surface area contributed by atoms with E-state index in [1.165, 1.54) is 32.1 Å². The average Bonchev–Trinajstić information content (AvgIpc) is 3.04. The van der Waals surface area contributed by atoms with Gasteiger partial charge in [-0.25, -0.2) is 0 Å². The summed E-state index contributed by atoms with van der Waals surface area (Å²) in [6.07, 6.45) is 8.97. The average molecular weight is 383 g/mol. The lowest BCUT2D eigenvalue weighted by Crippen LogP contribution is -2.41. The van der Waals surface area contributed by atoms with Gasteiger partial charge in [-0.2, -0.15) is 0 Å². The molecule has 0 radical (unpaired) electrons. The molecule has 4 rings (SSSR count). The summed E-state index contributed by atoms with van der Waals surface area (Å²) < 4.78 is 11.1. The van der Waals surface area contributed by atoms with Crippen LogP contribution < -0.4 is 10.1 Å². The van der Waals surface area contributed by atoms with E-state index in [1.807, 2.05) is 38.1 Å². The molecule has 1 amide bonds. The van der Waals surface area contributed by atoms with Crippen molar-refractivity contribution < 1.29 is 14.1 Å². The number of amides is 1. The van der Waals surface area contributed by atoms with Crippen LogP contribution in [0.4, 0.5) is 0 Å². The predicted molar refractivity (Wildman–Crippen MR) is 107 cm³/mol. The minimum absolute atomic E-state index is 0.00190. The monoisotopic (exact) mass is 382 g/mol. The number of carbonyl (C=O) groups is 1. The molecule has 1 N–H and O–H groups in total. The van der Waals surface area contributed by atoms with Crippen LogP contribution in [0.3, 0.4) is 0 Å². The van der Waals surface area contributed by atoms with Gasteiger partial charge in [-0.3, -0.25) is 4.79 Å². The van der Waals surface area contributed by atoms with Crippen molar-refractivity contribution in [2.45, 2.75) is 71.4 Å². The lowest BCUT2D eigenvalue weighted by molar-refractivity contribution is 0.0879. The van der Waals surface area contributed by atoms with E-state index in [1.54, 1.807) is 0 Å². The molecular formula is C23H30N2O3. The first kappa shape index (κ1) is 19.0. The van der Waals surface area contributed by atoms with E-state index in [0.717, 1.165) is 41.7 Å². The molecule has 150 valence electrons. The lowest BCUT2D eigenvalue weighted by atomic mass is 9.69. The van der Waals surface area contributed by atoms with Crippen molar-refractivity contribution in [2.75, 3.05) is 0 Å². The highest BCUT2D eigenvalue weighted by Crippen LogP contribution is 2.40. The summed E-state index contributed by atoms with van der Waals surface area (Å²) in [6.45, 7) is 4.17. The van der Waals surface area contributed by atoms with Crippen LogP contribution in [0, 0.1) is 25.7 Å². The number of hydrogen-bond donors (Lipinski definition) is 1. The number of nitrogens with zero attached hydrogens (tertiary/aromatic N) is 1. The van der Waals surface area contributed by atoms with Gasteiger partial charge in [-0.1, -0.05) is 36.9 Å². The SMILES string of the molecule is Cc1noc(C)c1COc1cccc(C(=O)N[C@@H]2CC[C@H]3CCCC[C@H]3C2)c1. The standard InChI is InChI=1S/C23H30N2O3/c1-15-22(16(2)28-25-15)14-27-21-9-5-8-19(13-21)23(26)24-20-11-10-17-6-3-4-7-18(17)12-20/h5,8-9,13,17-18,20H,3-4,6-7,10-12,14H2,1-2H3,(H,24,26)/t17-,18+,20-/m1/s1. The van der Waals surface area contributed by atoms with Crippen molar-refractivity contribution >= 4 is 5.91 Å². The number of ether oxygens (including phenoxy) is 1. The van der Waals surface area contributed by atoms with Gasteiger partial charge in [0.25, 0.3) is 5.91 Å². The van der Waals surface area contributed by atoms with E-state index in [-0.39, 0.29) is 5.91 Å². The zero-order valence-corrected chi connectivity index (χ0v) is 16.9. The first-order valence-electron chi connectivity index (χ1n) is 10.6. The number of hydrogen-bond acceptors (Lipinski definition) is 4. The van der Waals surface area contributed by atoms with Crippen molar-refractivity contribution in [3.05, 3.63) is 46.8 Å². The second-order valence-electron chi connectivity index (χ2n) is 8.41. The molecule has 2 aliphatic carbocycles. The Kier molecular flexibility index (Phi) is 5.69. The first-order chi connectivity index (χ1) is 13.6. The molecule has 1 aromatic carbocycles. The van der Waals surface area contributed by atoms with E-state index in [0.29, 0.717) is 24.0 Å². The molecule has 0 aliphatic heterocycles. The van der Waals surface area contributed by atoms with E-state index in [2.05, 4.69) is 10.5 Å². The molecule has 0 unspecified atom stereocenters. The highest BCUT2D eigenvalue weighted by atomic mass is 16.5. The number of nitrogens with one attached hydrogen (secondary N) is 1. The van der Waals surface area contributed by atoms with Crippen LogP contribution in [0.5, 0.6) is 5.75 Å². The summed E-state index contributed by atoms with van der Waals surface area (Å²) in [7, 11) is 0. The second-order valence-corrected chi connectivity index (χ2v) is 8.41. The first-order valence-corrected chi connectivity index (χ1v) is 10.6. The molecule has 3 atom stereocenters. The maximum Gasteiger partial charge on any atom is 0.251 e. The highest BCUT2D eigenvalue weighted by molar-refractivity contribution is 5.94. The van der Waals surface area contributed by atoms with E-state index in [9.17, 15) is 4.79 Å². The minimum atomic E-state index is 0.00190. The summed E-state index contributed by atoms with van der Waals surface area (Å²) in [4.78, 5) is 12.8. The predicted octanol–water partition coefficient (Wildman–Crippen LogP) is 4.96. The Balaban J connectivity index is 1.35. The van der Waals surface area contributed by atoms with Crippen molar-refractivity contribution in [1.29, 1.82) is 0 Å². The Morgan fingerprint density at radius 3 is 2.79 bits per heavy atom. The maximum absolute atomic E-state index is 12.8. The molecule has 0 bridgehead atoms. The largest absolute Gasteiger partial charge is 0.489 e. The zero-order chi connectivity index (χ0) is 19.5. The van der Waals surface area contributed by atoms with Gasteiger partial charge in [0.15, 0.2) is 0 Å². The third kappa shape index (κ3) is 4.23. The van der Waals surface area contributed by atoms with Crippen LogP contribution in [0.2, 0.25) is 0 Å². The molecule has 2 fully saturated rings. The van der Waals surface area contributed by atoms with Crippen LogP contribution in [0.25, 0.3) is 0 Å². The number of aryl methyl sites for hydroxylation is 2. The van der Waals surface area contributed by atoms with Gasteiger partial charge in [-0.05, 0) is 63.1 Å². The number of fused-ring (bicyclic) bond motifs is 1. The fraction of sp³-hybridized carbons (Fsp3) is 0.565. The van der Waals surface area contributed by atoms with Gasteiger partial charge < -0.3 is 14.6 Å². The Labute approximate surface area is 166 Å². The van der Waals surface area contributed by atoms with Crippen LogP contribution in [-0.4, -0.2) is 17.1 Å². The molecular weight excluding hydrogens is 352 g/mol. The lowest BCUT2D eigenvalue weighted by Gasteiger charge is -2.39. The van der Waals surface area contributed by atoms with Gasteiger partial charge >= 0.3 is 0 Å². The number of carbonyl (C=O) groups excluding carboxylic acids is 1. The molecule has 1 aromatic heterocycles. The van der Waals surface area contributed by atoms with Gasteiger partial charge in [0, 0.05) is 11.6 Å². The summed E-state index contributed by atoms with van der Waals surface area (Å²) in [5.74, 6) is 3.15. The van der Waals surface area contributed by atoms with Crippen molar-refractivity contribution in [3.8, 4) is 5.75 Å². The van der Waals surface area contributed by atoms with Crippen LogP contribution in [0.1, 0.15) is 72.3 Å². The van der Waals surface area contributed by atoms with Crippen LogP contribution >= 0.6 is 0 Å². The fourth-order valence-electron chi connectivity index (χ4n) is 4.86. The molecule has 2 aromatic rings. The van der Waals surface area contributed by atoms with Crippen molar-refractivity contribution in [1.82, 2.24) is 10.5 Å². The Morgan fingerprint density at radius 1 is 1.18 bits per heavy atom. The normalized spacial score (nSPS) is 24.4. The third-order valence-corrected chi connectivity index (χ3v) is 6.54. The quantitative estimate of drug-likeness (QED) is 0.794. The Morgan fingerprint density at radius 2 is 2.00 bits per heavy atom. The second kappa shape index (κ2) is 8.38. The maximum atomic E-state index is 12.8. The van der Waals surface area contributed by atoms with Crippen LogP contribution in [-0.2, 0) is 6.61 Å². The minimum Gasteiger partial charge on any atom is -0.489 e. The summed E-state index contributed by atoms with van der Waals surface area (Å²) >= 11 is 0. The number of benzene rings is 1. The third-order valence-electron chi connectivity index (χ3n) is 6.54. The highest BCUT2D eigenvalue weighted by Gasteiger charge is 2.32. The summed E-state index contributed by atoms with van der Waals surface area (Å²) in [5.41, 5.74) is 2.45. The molecule has 0 spiro atoms. The molecule has 2 aliphatic rings. The smallest absolute Gasteiger partial charge is 0.251 e. The Bertz CT molecular complexity index is 810. The molecule has 2 saturated carbocycles. The molecule has 5 heteroatoms. The molecule has 28 heavy (non-hydrogen) atoms. The van der Waals surface area contributed by atoms with E-state index >= 15 is 0 Å². The molecule has 5 nitrogen and oxygen atoms in total. The van der Waals surface area contributed by atoms with E-state index in [4.69, 9.17) is 9.26 Å². The van der Waals surface area contributed by atoms with Crippen molar-refractivity contribution in [3.63, 3.8) is 0 Å². The topological polar surface area (TPSA) is 64.4 Å². The molecule has 0 saturated heterocycles.